The number of halogens is 1. The summed E-state index contributed by atoms with van der Waals surface area (Å²) in [6.45, 7) is 4.23. The lowest BCUT2D eigenvalue weighted by atomic mass is 10.0. The normalized spacial score (nSPS) is 12.4. The van der Waals surface area contributed by atoms with Crippen LogP contribution in [0.25, 0.3) is 0 Å². The maximum Gasteiger partial charge on any atom is 0.261 e. The highest BCUT2D eigenvalue weighted by atomic mass is 35.5. The van der Waals surface area contributed by atoms with Gasteiger partial charge in [-0.2, -0.15) is 0 Å². The van der Waals surface area contributed by atoms with E-state index in [0.29, 0.717) is 12.2 Å². The number of hydrogen-bond donors (Lipinski definition) is 2. The van der Waals surface area contributed by atoms with Crippen molar-refractivity contribution >= 4 is 33.2 Å². The van der Waals surface area contributed by atoms with E-state index in [4.69, 9.17) is 11.6 Å². The predicted molar refractivity (Wildman–Crippen MR) is 133 cm³/mol. The van der Waals surface area contributed by atoms with Gasteiger partial charge in [-0.25, -0.2) is 8.42 Å². The predicted octanol–water partition coefficient (Wildman–Crippen LogP) is 4.79. The van der Waals surface area contributed by atoms with Gasteiger partial charge in [-0.3, -0.25) is 9.52 Å². The number of sulfonamides is 1. The Kier molecular flexibility index (Phi) is 7.79. The molecule has 174 valence electrons. The number of carbonyl (C=O) groups excluding carboxylic acids is 1. The van der Waals surface area contributed by atoms with Crippen molar-refractivity contribution in [2.45, 2.75) is 24.8 Å². The third kappa shape index (κ3) is 6.35. The zero-order valence-corrected chi connectivity index (χ0v) is 20.7. The number of carbonyl (C=O) groups is 1. The van der Waals surface area contributed by atoms with Gasteiger partial charge in [0.25, 0.3) is 15.9 Å². The first-order valence-electron chi connectivity index (χ1n) is 10.5. The van der Waals surface area contributed by atoms with Gasteiger partial charge in [0.15, 0.2) is 0 Å². The largest absolute Gasteiger partial charge is 0.350 e. The number of nitrogens with zero attached hydrogens (tertiary/aromatic N) is 1. The van der Waals surface area contributed by atoms with Gasteiger partial charge in [-0.15, -0.1) is 0 Å². The zero-order chi connectivity index (χ0) is 24.2. The summed E-state index contributed by atoms with van der Waals surface area (Å²) in [5.74, 6) is -0.438. The van der Waals surface area contributed by atoms with E-state index in [0.717, 1.165) is 16.7 Å². The summed E-state index contributed by atoms with van der Waals surface area (Å²) in [6.07, 6.45) is 0. The average molecular weight is 486 g/mol. The smallest absolute Gasteiger partial charge is 0.261 e. The second kappa shape index (κ2) is 10.4. The molecule has 8 heteroatoms. The molecule has 0 aliphatic heterocycles. The van der Waals surface area contributed by atoms with Crippen LogP contribution in [0.5, 0.6) is 0 Å². The third-order valence-electron chi connectivity index (χ3n) is 5.30. The number of benzene rings is 3. The Morgan fingerprint density at radius 1 is 0.970 bits per heavy atom. The molecular weight excluding hydrogens is 458 g/mol. The molecule has 0 bridgehead atoms. The van der Waals surface area contributed by atoms with Crippen molar-refractivity contribution in [2.75, 3.05) is 25.4 Å². The van der Waals surface area contributed by atoms with E-state index in [1.807, 2.05) is 63.2 Å². The van der Waals surface area contributed by atoms with Crippen LogP contribution >= 0.6 is 11.6 Å². The lowest BCUT2D eigenvalue weighted by molar-refractivity contribution is 0.0942. The fourth-order valence-corrected chi connectivity index (χ4v) is 4.72. The van der Waals surface area contributed by atoms with Crippen molar-refractivity contribution < 1.29 is 13.2 Å². The molecule has 1 atom stereocenters. The molecule has 33 heavy (non-hydrogen) atoms. The molecule has 1 unspecified atom stereocenters. The number of rotatable bonds is 8. The fourth-order valence-electron chi connectivity index (χ4n) is 3.44. The number of anilines is 1. The Morgan fingerprint density at radius 2 is 1.67 bits per heavy atom. The lowest BCUT2D eigenvalue weighted by Gasteiger charge is -2.25. The quantitative estimate of drug-likeness (QED) is 0.480. The summed E-state index contributed by atoms with van der Waals surface area (Å²) in [4.78, 5) is 14.9. The van der Waals surface area contributed by atoms with Crippen LogP contribution in [-0.2, 0) is 10.0 Å². The number of nitrogens with one attached hydrogen (secondary N) is 2. The second-order valence-electron chi connectivity index (χ2n) is 8.22. The van der Waals surface area contributed by atoms with Gasteiger partial charge in [-0.1, -0.05) is 53.6 Å². The zero-order valence-electron chi connectivity index (χ0n) is 19.1. The summed E-state index contributed by atoms with van der Waals surface area (Å²) in [6, 6.07) is 19.2. The van der Waals surface area contributed by atoms with Crippen LogP contribution in [0.3, 0.4) is 0 Å². The van der Waals surface area contributed by atoms with E-state index in [2.05, 4.69) is 10.0 Å². The van der Waals surface area contributed by atoms with Gasteiger partial charge in [0.2, 0.25) is 0 Å². The molecule has 0 aromatic heterocycles. The van der Waals surface area contributed by atoms with E-state index in [1.165, 1.54) is 18.2 Å². The summed E-state index contributed by atoms with van der Waals surface area (Å²) >= 11 is 6.25. The van der Waals surface area contributed by atoms with Crippen LogP contribution in [0, 0.1) is 13.8 Å². The van der Waals surface area contributed by atoms with Crippen LogP contribution in [0.4, 0.5) is 5.69 Å². The van der Waals surface area contributed by atoms with E-state index in [9.17, 15) is 13.2 Å². The molecule has 0 heterocycles. The number of amides is 1. The van der Waals surface area contributed by atoms with E-state index in [1.54, 1.807) is 18.2 Å². The average Bonchev–Trinajstić information content (AvgIpc) is 2.74. The molecule has 6 nitrogen and oxygen atoms in total. The maximum atomic E-state index is 12.9. The van der Waals surface area contributed by atoms with Gasteiger partial charge in [0, 0.05) is 12.2 Å². The molecule has 0 saturated heterocycles. The Morgan fingerprint density at radius 3 is 2.30 bits per heavy atom. The van der Waals surface area contributed by atoms with E-state index in [-0.39, 0.29) is 21.5 Å². The second-order valence-corrected chi connectivity index (χ2v) is 10.3. The minimum absolute atomic E-state index is 0.0405. The van der Waals surface area contributed by atoms with Crippen molar-refractivity contribution in [3.8, 4) is 0 Å². The number of aryl methyl sites for hydroxylation is 2. The van der Waals surface area contributed by atoms with Crippen molar-refractivity contribution in [2.24, 2.45) is 0 Å². The number of likely N-dealkylation sites (N-methyl/N-ethyl adjacent to an activating group) is 1. The van der Waals surface area contributed by atoms with Crippen molar-refractivity contribution in [3.63, 3.8) is 0 Å². The van der Waals surface area contributed by atoms with E-state index < -0.39 is 15.9 Å². The van der Waals surface area contributed by atoms with E-state index >= 15 is 0 Å². The molecule has 0 saturated carbocycles. The molecule has 3 aromatic carbocycles. The Bertz CT molecular complexity index is 1240. The molecule has 0 fully saturated rings. The van der Waals surface area contributed by atoms with Crippen molar-refractivity contribution in [1.82, 2.24) is 10.2 Å². The van der Waals surface area contributed by atoms with Crippen molar-refractivity contribution in [3.05, 3.63) is 94.0 Å². The van der Waals surface area contributed by atoms with Gasteiger partial charge >= 0.3 is 0 Å². The first-order valence-corrected chi connectivity index (χ1v) is 12.3. The van der Waals surface area contributed by atoms with Crippen molar-refractivity contribution in [1.29, 1.82) is 0 Å². The molecule has 1 amide bonds. The molecule has 0 aliphatic carbocycles. The lowest BCUT2D eigenvalue weighted by Crippen LogP contribution is -2.34. The van der Waals surface area contributed by atoms with Crippen LogP contribution < -0.4 is 10.0 Å². The van der Waals surface area contributed by atoms with Crippen LogP contribution in [-0.4, -0.2) is 39.9 Å². The Hall–Kier alpha value is -2.87. The molecule has 3 aromatic rings. The molecular formula is C25H28ClN3O3S. The highest BCUT2D eigenvalue weighted by Gasteiger charge is 2.21. The highest BCUT2D eigenvalue weighted by molar-refractivity contribution is 7.92. The monoisotopic (exact) mass is 485 g/mol. The fraction of sp³-hybridized carbons (Fsp3) is 0.240. The molecule has 0 aliphatic rings. The van der Waals surface area contributed by atoms with Gasteiger partial charge in [0.1, 0.15) is 0 Å². The molecule has 2 N–H and O–H groups in total. The van der Waals surface area contributed by atoms with Crippen LogP contribution in [0.1, 0.15) is 33.1 Å². The molecule has 0 spiro atoms. The third-order valence-corrected chi connectivity index (χ3v) is 7.01. The summed E-state index contributed by atoms with van der Waals surface area (Å²) in [5.41, 5.74) is 3.70. The first kappa shape index (κ1) is 24.8. The summed E-state index contributed by atoms with van der Waals surface area (Å²) in [7, 11) is -0.0149. The summed E-state index contributed by atoms with van der Waals surface area (Å²) in [5, 5.41) is 3.07. The van der Waals surface area contributed by atoms with Gasteiger partial charge < -0.3 is 10.2 Å². The van der Waals surface area contributed by atoms with Gasteiger partial charge in [-0.05, 0) is 69.4 Å². The first-order chi connectivity index (χ1) is 15.6. The molecule has 3 rings (SSSR count). The maximum absolute atomic E-state index is 12.9. The topological polar surface area (TPSA) is 78.5 Å². The Labute approximate surface area is 200 Å². The van der Waals surface area contributed by atoms with Crippen LogP contribution in [0.15, 0.2) is 71.6 Å². The van der Waals surface area contributed by atoms with Gasteiger partial charge in [0.05, 0.1) is 21.5 Å². The molecule has 0 radical (unpaired) electrons. The summed E-state index contributed by atoms with van der Waals surface area (Å²) < 4.78 is 28.3. The number of hydrogen-bond acceptors (Lipinski definition) is 4. The minimum Gasteiger partial charge on any atom is -0.350 e. The minimum atomic E-state index is -3.89. The Balaban J connectivity index is 1.79. The standard InChI is InChI=1S/C25H28ClN3O3S/c1-17-8-10-19(11-9-17)24(29(3)4)16-27-25(30)22-15-21(12-13-23(22)26)33(31,32)28-20-7-5-6-18(2)14-20/h5-15,24,28H,16H2,1-4H3,(H,27,30). The van der Waals surface area contributed by atoms with Crippen LogP contribution in [0.2, 0.25) is 5.02 Å². The SMILES string of the molecule is Cc1ccc(C(CNC(=O)c2cc(S(=O)(=O)Nc3cccc(C)c3)ccc2Cl)N(C)C)cc1. The highest BCUT2D eigenvalue weighted by Crippen LogP contribution is 2.24.